The van der Waals surface area contributed by atoms with E-state index in [1.807, 2.05) is 17.0 Å². The fourth-order valence-corrected chi connectivity index (χ4v) is 8.22. The van der Waals surface area contributed by atoms with Gasteiger partial charge >= 0.3 is 0 Å². The highest BCUT2D eigenvalue weighted by Crippen LogP contribution is 2.42. The number of nitrogens with zero attached hydrogens (tertiary/aromatic N) is 7. The van der Waals surface area contributed by atoms with Crippen LogP contribution in [0.5, 0.6) is 5.75 Å². The van der Waals surface area contributed by atoms with Gasteiger partial charge in [0.15, 0.2) is 0 Å². The largest absolute Gasteiger partial charge is 0.494 e. The molecule has 248 valence electrons. The van der Waals surface area contributed by atoms with Crippen LogP contribution in [-0.4, -0.2) is 101 Å². The number of likely N-dealkylation sites (tertiary alicyclic amines) is 2. The molecule has 2 saturated heterocycles. The molecule has 1 amide bonds. The summed E-state index contributed by atoms with van der Waals surface area (Å²) in [6.45, 7) is 10.9. The summed E-state index contributed by atoms with van der Waals surface area (Å²) in [5.41, 5.74) is 4.90. The molecule has 12 nitrogen and oxygen atoms in total. The van der Waals surface area contributed by atoms with Gasteiger partial charge in [-0.1, -0.05) is 0 Å². The van der Waals surface area contributed by atoms with Gasteiger partial charge in [0.2, 0.25) is 11.9 Å². The standard InChI is InChI=1S/C33H41BrN9O3P/c1-20-15-27(29(46-4)16-28(20)41(3)22-9-13-42(14-10-22)23-18-43(19-23)21(2)44)39-33-37-17-24(34)32(40-33)38-26-8-7-25-30(36-12-11-35-25)31(26)47(5,6)45/h7-8,11-12,15-17,22-23H,9-10,13-14,18-19H2,1-6H3,(H2,37,38,39,40). The molecule has 0 saturated carbocycles. The second kappa shape index (κ2) is 13.4. The van der Waals surface area contributed by atoms with Crippen LogP contribution in [0.2, 0.25) is 0 Å². The molecular weight excluding hydrogens is 681 g/mol. The number of rotatable bonds is 9. The molecule has 47 heavy (non-hydrogen) atoms. The molecule has 0 atom stereocenters. The van der Waals surface area contributed by atoms with Crippen molar-refractivity contribution >= 4 is 74.1 Å². The van der Waals surface area contributed by atoms with Crippen LogP contribution >= 0.6 is 23.1 Å². The number of carbonyl (C=O) groups excluding carboxylic acids is 1. The Morgan fingerprint density at radius 3 is 2.47 bits per heavy atom. The van der Waals surface area contributed by atoms with Crippen LogP contribution in [0.1, 0.15) is 25.3 Å². The van der Waals surface area contributed by atoms with E-state index >= 15 is 0 Å². The molecule has 2 aliphatic rings. The monoisotopic (exact) mass is 721 g/mol. The van der Waals surface area contributed by atoms with Gasteiger partial charge in [0, 0.05) is 82.6 Å². The van der Waals surface area contributed by atoms with Crippen LogP contribution in [0, 0.1) is 6.92 Å². The molecule has 2 aliphatic heterocycles. The van der Waals surface area contributed by atoms with Crippen molar-refractivity contribution in [3.8, 4) is 5.75 Å². The zero-order valence-electron chi connectivity index (χ0n) is 27.6. The summed E-state index contributed by atoms with van der Waals surface area (Å²) < 4.78 is 19.9. The fourth-order valence-electron chi connectivity index (χ4n) is 6.53. The van der Waals surface area contributed by atoms with Crippen LogP contribution in [0.4, 0.5) is 28.8 Å². The second-order valence-electron chi connectivity index (χ2n) is 12.7. The third kappa shape index (κ3) is 6.93. The molecular formula is C33H41BrN9O3P. The first-order chi connectivity index (χ1) is 22.4. The minimum atomic E-state index is -2.75. The Labute approximate surface area is 283 Å². The van der Waals surface area contributed by atoms with E-state index < -0.39 is 7.14 Å². The second-order valence-corrected chi connectivity index (χ2v) is 16.7. The van der Waals surface area contributed by atoms with Crippen molar-refractivity contribution in [1.82, 2.24) is 29.7 Å². The lowest BCUT2D eigenvalue weighted by Crippen LogP contribution is -2.62. The molecule has 14 heteroatoms. The van der Waals surface area contributed by atoms with E-state index in [1.54, 1.807) is 46.0 Å². The number of aryl methyl sites for hydroxylation is 1. The number of amides is 1. The van der Waals surface area contributed by atoms with Gasteiger partial charge in [-0.15, -0.1) is 0 Å². The SMILES string of the molecule is COc1cc(N(C)C2CCN(C3CN(C(C)=O)C3)CC2)c(C)cc1Nc1ncc(Br)c(Nc2ccc3nccnc3c2P(C)(C)=O)n1. The van der Waals surface area contributed by atoms with Gasteiger partial charge in [0.25, 0.3) is 0 Å². The van der Waals surface area contributed by atoms with Gasteiger partial charge in [-0.2, -0.15) is 4.98 Å². The molecule has 0 aliphatic carbocycles. The Morgan fingerprint density at radius 2 is 1.79 bits per heavy atom. The summed E-state index contributed by atoms with van der Waals surface area (Å²) in [4.78, 5) is 36.5. The first-order valence-corrected chi connectivity index (χ1v) is 19.1. The number of hydrogen-bond acceptors (Lipinski definition) is 11. The Hall–Kier alpha value is -3.80. The Bertz CT molecular complexity index is 1860. The molecule has 2 N–H and O–H groups in total. The van der Waals surface area contributed by atoms with Crippen LogP contribution < -0.4 is 25.6 Å². The summed E-state index contributed by atoms with van der Waals surface area (Å²) in [5.74, 6) is 1.73. The van der Waals surface area contributed by atoms with Gasteiger partial charge in [0.1, 0.15) is 24.2 Å². The quantitative estimate of drug-likeness (QED) is 0.217. The maximum atomic E-state index is 13.4. The van der Waals surface area contributed by atoms with Crippen molar-refractivity contribution in [2.75, 3.05) is 69.2 Å². The van der Waals surface area contributed by atoms with Gasteiger partial charge < -0.3 is 29.7 Å². The Balaban J connectivity index is 1.18. The zero-order chi connectivity index (χ0) is 33.5. The normalized spacial score (nSPS) is 16.2. The highest BCUT2D eigenvalue weighted by molar-refractivity contribution is 9.10. The lowest BCUT2D eigenvalue weighted by molar-refractivity contribution is -0.136. The highest BCUT2D eigenvalue weighted by atomic mass is 79.9. The number of hydrogen-bond donors (Lipinski definition) is 2. The van der Waals surface area contributed by atoms with E-state index in [4.69, 9.17) is 9.72 Å². The number of aromatic nitrogens is 4. The van der Waals surface area contributed by atoms with Crippen molar-refractivity contribution < 1.29 is 14.1 Å². The van der Waals surface area contributed by atoms with E-state index in [0.717, 1.165) is 56.0 Å². The maximum Gasteiger partial charge on any atom is 0.229 e. The molecule has 4 heterocycles. The summed E-state index contributed by atoms with van der Waals surface area (Å²) in [5, 5.41) is 7.31. The van der Waals surface area contributed by atoms with Crippen LogP contribution in [0.15, 0.2) is 47.3 Å². The molecule has 2 aromatic carbocycles. The maximum absolute atomic E-state index is 13.4. The Morgan fingerprint density at radius 1 is 1.06 bits per heavy atom. The molecule has 0 spiro atoms. The number of methoxy groups -OCH3 is 1. The number of piperidine rings is 1. The van der Waals surface area contributed by atoms with Crippen LogP contribution in [-0.2, 0) is 9.36 Å². The molecule has 2 aromatic heterocycles. The molecule has 0 unspecified atom stereocenters. The number of ether oxygens (including phenoxy) is 1. The number of benzene rings is 2. The number of fused-ring (bicyclic) bond motifs is 1. The first kappa shape index (κ1) is 33.1. The minimum absolute atomic E-state index is 0.165. The number of carbonyl (C=O) groups is 1. The lowest BCUT2D eigenvalue weighted by Gasteiger charge is -2.48. The predicted octanol–water partition coefficient (Wildman–Crippen LogP) is 5.37. The molecule has 0 bridgehead atoms. The van der Waals surface area contributed by atoms with E-state index in [0.29, 0.717) is 56.1 Å². The van der Waals surface area contributed by atoms with Crippen molar-refractivity contribution in [3.05, 3.63) is 52.9 Å². The van der Waals surface area contributed by atoms with Crippen molar-refractivity contribution in [2.45, 2.75) is 38.8 Å². The number of anilines is 5. The number of nitrogens with one attached hydrogen (secondary N) is 2. The smallest absolute Gasteiger partial charge is 0.229 e. The van der Waals surface area contributed by atoms with E-state index in [-0.39, 0.29) is 5.91 Å². The van der Waals surface area contributed by atoms with Crippen molar-refractivity contribution in [2.24, 2.45) is 0 Å². The third-order valence-electron chi connectivity index (χ3n) is 9.16. The molecule has 2 fully saturated rings. The van der Waals surface area contributed by atoms with E-state index in [1.165, 1.54) is 0 Å². The van der Waals surface area contributed by atoms with E-state index in [9.17, 15) is 9.36 Å². The average molecular weight is 723 g/mol. The van der Waals surface area contributed by atoms with Crippen LogP contribution in [0.3, 0.4) is 0 Å². The van der Waals surface area contributed by atoms with Gasteiger partial charge in [-0.25, -0.2) is 4.98 Å². The number of halogens is 1. The van der Waals surface area contributed by atoms with Crippen LogP contribution in [0.25, 0.3) is 11.0 Å². The van der Waals surface area contributed by atoms with E-state index in [2.05, 4.69) is 77.4 Å². The van der Waals surface area contributed by atoms with Gasteiger partial charge in [-0.05, 0) is 72.8 Å². The lowest BCUT2D eigenvalue weighted by atomic mass is 9.98. The zero-order valence-corrected chi connectivity index (χ0v) is 30.1. The molecule has 6 rings (SSSR count). The van der Waals surface area contributed by atoms with Crippen molar-refractivity contribution in [3.63, 3.8) is 0 Å². The average Bonchev–Trinajstić information content (AvgIpc) is 3.01. The summed E-state index contributed by atoms with van der Waals surface area (Å²) in [6.07, 6.45) is 7.03. The summed E-state index contributed by atoms with van der Waals surface area (Å²) in [7, 11) is 1.07. The van der Waals surface area contributed by atoms with Crippen molar-refractivity contribution in [1.29, 1.82) is 0 Å². The first-order valence-electron chi connectivity index (χ1n) is 15.7. The molecule has 0 radical (unpaired) electrons. The third-order valence-corrected chi connectivity index (χ3v) is 11.3. The van der Waals surface area contributed by atoms with Gasteiger partial charge in [-0.3, -0.25) is 19.7 Å². The summed E-state index contributed by atoms with van der Waals surface area (Å²) in [6, 6.07) is 8.74. The summed E-state index contributed by atoms with van der Waals surface area (Å²) >= 11 is 3.57. The molecule has 4 aromatic rings. The topological polar surface area (TPSA) is 129 Å². The minimum Gasteiger partial charge on any atom is -0.494 e. The predicted molar refractivity (Wildman–Crippen MR) is 192 cm³/mol. The fraction of sp³-hybridized carbons (Fsp3) is 0.424. The Kier molecular flexibility index (Phi) is 9.42. The van der Waals surface area contributed by atoms with Gasteiger partial charge in [0.05, 0.1) is 33.8 Å². The highest BCUT2D eigenvalue weighted by Gasteiger charge is 2.36.